The van der Waals surface area contributed by atoms with E-state index in [0.717, 1.165) is 12.4 Å². The van der Waals surface area contributed by atoms with E-state index in [1.807, 2.05) is 0 Å². The molecule has 3 nitrogen and oxygen atoms in total. The molecule has 1 aliphatic rings. The molecule has 0 spiro atoms. The number of rotatable bonds is 6. The van der Waals surface area contributed by atoms with Gasteiger partial charge in [0.1, 0.15) is 5.82 Å². The maximum absolute atomic E-state index is 4.61. The lowest BCUT2D eigenvalue weighted by Gasteiger charge is -2.25. The van der Waals surface area contributed by atoms with Gasteiger partial charge in [-0.3, -0.25) is 4.90 Å². The van der Waals surface area contributed by atoms with E-state index >= 15 is 0 Å². The predicted octanol–water partition coefficient (Wildman–Crippen LogP) is 3.47. The van der Waals surface area contributed by atoms with Gasteiger partial charge < -0.3 is 4.90 Å². The Morgan fingerprint density at radius 1 is 1.37 bits per heavy atom. The Balaban J connectivity index is 2.04. The molecule has 0 saturated carbocycles. The minimum Gasteiger partial charge on any atom is -0.360 e. The highest BCUT2D eigenvalue weighted by molar-refractivity contribution is 5.38. The molecule has 1 aromatic heterocycles. The van der Waals surface area contributed by atoms with Crippen LogP contribution in [-0.2, 0) is 0 Å². The fraction of sp³-hybridized carbons (Fsp3) is 0.688. The summed E-state index contributed by atoms with van der Waals surface area (Å²) in [5, 5.41) is 0. The fourth-order valence-corrected chi connectivity index (χ4v) is 2.81. The molecule has 1 aliphatic heterocycles. The molecule has 1 saturated heterocycles. The molecule has 106 valence electrons. The summed E-state index contributed by atoms with van der Waals surface area (Å²) in [6.45, 7) is 7.90. The molecule has 0 bridgehead atoms. The highest BCUT2D eigenvalue weighted by Crippen LogP contribution is 2.32. The van der Waals surface area contributed by atoms with E-state index in [2.05, 4.69) is 54.0 Å². The quantitative estimate of drug-likeness (QED) is 0.781. The van der Waals surface area contributed by atoms with E-state index in [4.69, 9.17) is 0 Å². The lowest BCUT2D eigenvalue weighted by atomic mass is 10.1. The summed E-state index contributed by atoms with van der Waals surface area (Å²) in [4.78, 5) is 9.41. The number of nitrogens with zero attached hydrogens (tertiary/aromatic N) is 3. The Bertz CT molecular complexity index is 374. The highest BCUT2D eigenvalue weighted by Gasteiger charge is 2.25. The molecule has 19 heavy (non-hydrogen) atoms. The Labute approximate surface area is 117 Å². The monoisotopic (exact) mass is 261 g/mol. The molecule has 1 aromatic rings. The summed E-state index contributed by atoms with van der Waals surface area (Å²) in [7, 11) is 2.09. The van der Waals surface area contributed by atoms with Crippen molar-refractivity contribution in [3.05, 3.63) is 23.9 Å². The van der Waals surface area contributed by atoms with Crippen molar-refractivity contribution >= 4 is 5.82 Å². The van der Waals surface area contributed by atoms with Crippen molar-refractivity contribution in [3.8, 4) is 0 Å². The normalized spacial score (nSPS) is 19.8. The number of likely N-dealkylation sites (tertiary alicyclic amines) is 1. The zero-order valence-electron chi connectivity index (χ0n) is 12.6. The first-order chi connectivity index (χ1) is 9.26. The van der Waals surface area contributed by atoms with Gasteiger partial charge in [-0.2, -0.15) is 0 Å². The van der Waals surface area contributed by atoms with Crippen molar-refractivity contribution in [2.45, 2.75) is 45.6 Å². The molecule has 2 rings (SSSR count). The number of aromatic nitrogens is 1. The van der Waals surface area contributed by atoms with Crippen LogP contribution in [-0.4, -0.2) is 36.6 Å². The summed E-state index contributed by atoms with van der Waals surface area (Å²) >= 11 is 0. The van der Waals surface area contributed by atoms with Crippen molar-refractivity contribution in [1.29, 1.82) is 0 Å². The Kier molecular flexibility index (Phi) is 5.20. The van der Waals surface area contributed by atoms with Gasteiger partial charge in [-0.1, -0.05) is 19.4 Å². The molecule has 0 N–H and O–H groups in total. The van der Waals surface area contributed by atoms with Gasteiger partial charge in [0, 0.05) is 25.8 Å². The van der Waals surface area contributed by atoms with Crippen LogP contribution in [0.1, 0.15) is 51.1 Å². The molecule has 0 aromatic carbocycles. The number of hydrogen-bond donors (Lipinski definition) is 0. The van der Waals surface area contributed by atoms with Crippen LogP contribution < -0.4 is 4.90 Å². The number of unbranched alkanes of at least 4 members (excludes halogenated alkanes) is 1. The topological polar surface area (TPSA) is 19.4 Å². The third-order valence-corrected chi connectivity index (χ3v) is 4.18. The second-order valence-electron chi connectivity index (χ2n) is 5.51. The highest BCUT2D eigenvalue weighted by atomic mass is 15.2. The van der Waals surface area contributed by atoms with Gasteiger partial charge in [-0.15, -0.1) is 0 Å². The van der Waals surface area contributed by atoms with Crippen molar-refractivity contribution in [2.75, 3.05) is 31.6 Å². The standard InChI is InChI=1S/C16H27N3/c1-4-6-11-19-12-7-8-15(19)14-9-10-16(17-13-14)18(3)5-2/h9-10,13,15H,4-8,11-12H2,1-3H3. The van der Waals surface area contributed by atoms with Crippen LogP contribution in [0.25, 0.3) is 0 Å². The molecule has 1 unspecified atom stereocenters. The molecule has 0 aliphatic carbocycles. The third-order valence-electron chi connectivity index (χ3n) is 4.18. The lowest BCUT2D eigenvalue weighted by molar-refractivity contribution is 0.253. The van der Waals surface area contributed by atoms with E-state index in [0.29, 0.717) is 6.04 Å². The summed E-state index contributed by atoms with van der Waals surface area (Å²) < 4.78 is 0. The first-order valence-corrected chi connectivity index (χ1v) is 7.67. The summed E-state index contributed by atoms with van der Waals surface area (Å²) in [5.74, 6) is 1.07. The van der Waals surface area contributed by atoms with E-state index in [1.165, 1.54) is 44.3 Å². The van der Waals surface area contributed by atoms with Crippen LogP contribution in [0.3, 0.4) is 0 Å². The number of anilines is 1. The minimum absolute atomic E-state index is 0.597. The van der Waals surface area contributed by atoms with Gasteiger partial charge in [0.05, 0.1) is 0 Å². The van der Waals surface area contributed by atoms with Gasteiger partial charge >= 0.3 is 0 Å². The van der Waals surface area contributed by atoms with E-state index in [1.54, 1.807) is 0 Å². The molecule has 2 heterocycles. The van der Waals surface area contributed by atoms with Gasteiger partial charge in [-0.25, -0.2) is 4.98 Å². The molecule has 1 atom stereocenters. The average Bonchev–Trinajstić information content (AvgIpc) is 2.92. The summed E-state index contributed by atoms with van der Waals surface area (Å²) in [5.41, 5.74) is 1.39. The first-order valence-electron chi connectivity index (χ1n) is 7.67. The second-order valence-corrected chi connectivity index (χ2v) is 5.51. The molecule has 0 amide bonds. The van der Waals surface area contributed by atoms with Crippen molar-refractivity contribution < 1.29 is 0 Å². The van der Waals surface area contributed by atoms with Crippen LogP contribution in [0.15, 0.2) is 18.3 Å². The number of hydrogen-bond acceptors (Lipinski definition) is 3. The zero-order valence-corrected chi connectivity index (χ0v) is 12.6. The zero-order chi connectivity index (χ0) is 13.7. The van der Waals surface area contributed by atoms with Crippen LogP contribution in [0.4, 0.5) is 5.82 Å². The predicted molar refractivity (Wildman–Crippen MR) is 81.6 cm³/mol. The van der Waals surface area contributed by atoms with Crippen LogP contribution >= 0.6 is 0 Å². The smallest absolute Gasteiger partial charge is 0.128 e. The number of pyridine rings is 1. The Morgan fingerprint density at radius 2 is 2.21 bits per heavy atom. The van der Waals surface area contributed by atoms with E-state index < -0.39 is 0 Å². The van der Waals surface area contributed by atoms with Crippen molar-refractivity contribution in [3.63, 3.8) is 0 Å². The molecule has 3 heteroatoms. The lowest BCUT2D eigenvalue weighted by Crippen LogP contribution is -2.24. The second kappa shape index (κ2) is 6.90. The maximum Gasteiger partial charge on any atom is 0.128 e. The SMILES string of the molecule is CCCCN1CCCC1c1ccc(N(C)CC)nc1. The van der Waals surface area contributed by atoms with E-state index in [9.17, 15) is 0 Å². The van der Waals surface area contributed by atoms with Gasteiger partial charge in [0.2, 0.25) is 0 Å². The van der Waals surface area contributed by atoms with Gasteiger partial charge in [0.15, 0.2) is 0 Å². The van der Waals surface area contributed by atoms with Crippen molar-refractivity contribution in [1.82, 2.24) is 9.88 Å². The van der Waals surface area contributed by atoms with Crippen LogP contribution in [0.2, 0.25) is 0 Å². The third kappa shape index (κ3) is 3.47. The average molecular weight is 261 g/mol. The minimum atomic E-state index is 0.597. The molecule has 1 fully saturated rings. The largest absolute Gasteiger partial charge is 0.360 e. The fourth-order valence-electron chi connectivity index (χ4n) is 2.81. The van der Waals surface area contributed by atoms with Crippen molar-refractivity contribution in [2.24, 2.45) is 0 Å². The molecular weight excluding hydrogens is 234 g/mol. The Morgan fingerprint density at radius 3 is 2.84 bits per heavy atom. The maximum atomic E-state index is 4.61. The van der Waals surface area contributed by atoms with Gasteiger partial charge in [-0.05, 0) is 50.9 Å². The van der Waals surface area contributed by atoms with Crippen LogP contribution in [0.5, 0.6) is 0 Å². The van der Waals surface area contributed by atoms with Gasteiger partial charge in [0.25, 0.3) is 0 Å². The van der Waals surface area contributed by atoms with E-state index in [-0.39, 0.29) is 0 Å². The molecular formula is C16H27N3. The summed E-state index contributed by atoms with van der Waals surface area (Å²) in [6.07, 6.45) is 7.28. The van der Waals surface area contributed by atoms with Crippen LogP contribution in [0, 0.1) is 0 Å². The molecule has 0 radical (unpaired) electrons. The first kappa shape index (κ1) is 14.3. The Hall–Kier alpha value is -1.09. The summed E-state index contributed by atoms with van der Waals surface area (Å²) in [6, 6.07) is 5.03.